The fraction of sp³-hybridized carbons (Fsp3) is 0.533. The first-order valence-corrected chi connectivity index (χ1v) is 6.60. The lowest BCUT2D eigenvalue weighted by molar-refractivity contribution is 0.0229. The smallest absolute Gasteiger partial charge is 0.126 e. The minimum atomic E-state index is -1.11. The SMILES string of the molecule is N#CC1(C(O)c2cc(F)cc(F)c2)CC2CCC1C2. The summed E-state index contributed by atoms with van der Waals surface area (Å²) in [7, 11) is 0. The summed E-state index contributed by atoms with van der Waals surface area (Å²) in [5.74, 6) is -0.822. The Labute approximate surface area is 110 Å². The van der Waals surface area contributed by atoms with Gasteiger partial charge in [-0.05, 0) is 48.8 Å². The Balaban J connectivity index is 1.98. The second-order valence-electron chi connectivity index (χ2n) is 5.84. The zero-order valence-electron chi connectivity index (χ0n) is 10.4. The molecule has 4 unspecified atom stereocenters. The van der Waals surface area contributed by atoms with E-state index < -0.39 is 23.2 Å². The zero-order chi connectivity index (χ0) is 13.6. The van der Waals surface area contributed by atoms with Crippen LogP contribution in [0.3, 0.4) is 0 Å². The molecule has 1 aromatic carbocycles. The molecule has 0 aliphatic heterocycles. The Morgan fingerprint density at radius 2 is 1.95 bits per heavy atom. The van der Waals surface area contributed by atoms with Gasteiger partial charge in [0.1, 0.15) is 11.6 Å². The summed E-state index contributed by atoms with van der Waals surface area (Å²) >= 11 is 0. The van der Waals surface area contributed by atoms with E-state index in [2.05, 4.69) is 6.07 Å². The maximum atomic E-state index is 13.3. The third-order valence-corrected chi connectivity index (χ3v) is 4.79. The molecule has 19 heavy (non-hydrogen) atoms. The molecule has 2 fully saturated rings. The molecule has 2 aliphatic rings. The van der Waals surface area contributed by atoms with Crippen molar-refractivity contribution in [1.29, 1.82) is 5.26 Å². The number of hydrogen-bond donors (Lipinski definition) is 1. The molecule has 4 heteroatoms. The average molecular weight is 263 g/mol. The summed E-state index contributed by atoms with van der Waals surface area (Å²) in [6.07, 6.45) is 2.49. The van der Waals surface area contributed by atoms with Crippen molar-refractivity contribution in [3.05, 3.63) is 35.4 Å². The first kappa shape index (κ1) is 12.6. The van der Waals surface area contributed by atoms with Crippen LogP contribution < -0.4 is 0 Å². The Kier molecular flexibility index (Phi) is 2.83. The summed E-state index contributed by atoms with van der Waals surface area (Å²) in [4.78, 5) is 0. The summed E-state index contributed by atoms with van der Waals surface area (Å²) in [5.41, 5.74) is -0.699. The predicted molar refractivity (Wildman–Crippen MR) is 64.8 cm³/mol. The molecule has 2 nitrogen and oxygen atoms in total. The largest absolute Gasteiger partial charge is 0.387 e. The summed E-state index contributed by atoms with van der Waals surface area (Å²) in [6, 6.07) is 5.27. The number of halogens is 2. The van der Waals surface area contributed by atoms with Gasteiger partial charge in [0, 0.05) is 6.07 Å². The van der Waals surface area contributed by atoms with Crippen LogP contribution in [0.25, 0.3) is 0 Å². The average Bonchev–Trinajstić information content (AvgIpc) is 2.97. The molecule has 0 saturated heterocycles. The fourth-order valence-corrected chi connectivity index (χ4v) is 3.94. The van der Waals surface area contributed by atoms with Crippen LogP contribution in [-0.2, 0) is 0 Å². The maximum absolute atomic E-state index is 13.3. The summed E-state index contributed by atoms with van der Waals surface area (Å²) < 4.78 is 26.5. The molecule has 2 bridgehead atoms. The van der Waals surface area contributed by atoms with Gasteiger partial charge < -0.3 is 5.11 Å². The van der Waals surface area contributed by atoms with Crippen LogP contribution in [0.5, 0.6) is 0 Å². The fourth-order valence-electron chi connectivity index (χ4n) is 3.94. The molecule has 0 heterocycles. The lowest BCUT2D eigenvalue weighted by Crippen LogP contribution is -2.33. The van der Waals surface area contributed by atoms with Crippen molar-refractivity contribution < 1.29 is 13.9 Å². The van der Waals surface area contributed by atoms with Crippen LogP contribution >= 0.6 is 0 Å². The second-order valence-corrected chi connectivity index (χ2v) is 5.84. The maximum Gasteiger partial charge on any atom is 0.126 e. The van der Waals surface area contributed by atoms with E-state index in [-0.39, 0.29) is 11.5 Å². The second kappa shape index (κ2) is 4.28. The molecule has 0 radical (unpaired) electrons. The van der Waals surface area contributed by atoms with Crippen LogP contribution in [-0.4, -0.2) is 5.11 Å². The van der Waals surface area contributed by atoms with Crippen molar-refractivity contribution in [2.45, 2.75) is 31.8 Å². The monoisotopic (exact) mass is 263 g/mol. The quantitative estimate of drug-likeness (QED) is 0.889. The number of benzene rings is 1. The third-order valence-electron chi connectivity index (χ3n) is 4.79. The van der Waals surface area contributed by atoms with E-state index in [1.54, 1.807) is 0 Å². The van der Waals surface area contributed by atoms with E-state index in [0.29, 0.717) is 12.3 Å². The topological polar surface area (TPSA) is 44.0 Å². The van der Waals surface area contributed by atoms with Crippen molar-refractivity contribution in [1.82, 2.24) is 0 Å². The highest BCUT2D eigenvalue weighted by atomic mass is 19.1. The van der Waals surface area contributed by atoms with E-state index in [1.807, 2.05) is 0 Å². The zero-order valence-corrected chi connectivity index (χ0v) is 10.4. The van der Waals surface area contributed by atoms with Gasteiger partial charge >= 0.3 is 0 Å². The highest BCUT2D eigenvalue weighted by Gasteiger charge is 2.55. The van der Waals surface area contributed by atoms with Crippen LogP contribution in [0.2, 0.25) is 0 Å². The number of rotatable bonds is 2. The van der Waals surface area contributed by atoms with Gasteiger partial charge in [0.25, 0.3) is 0 Å². The predicted octanol–water partition coefficient (Wildman–Crippen LogP) is 3.33. The Morgan fingerprint density at radius 3 is 2.42 bits per heavy atom. The molecule has 3 rings (SSSR count). The van der Waals surface area contributed by atoms with Crippen LogP contribution in [0.4, 0.5) is 8.78 Å². The molecule has 1 aromatic rings. The van der Waals surface area contributed by atoms with Gasteiger partial charge in [-0.25, -0.2) is 8.78 Å². The summed E-state index contributed by atoms with van der Waals surface area (Å²) in [5, 5.41) is 20.0. The van der Waals surface area contributed by atoms with E-state index >= 15 is 0 Å². The van der Waals surface area contributed by atoms with Crippen molar-refractivity contribution in [3.8, 4) is 6.07 Å². The minimum Gasteiger partial charge on any atom is -0.387 e. The van der Waals surface area contributed by atoms with Gasteiger partial charge in [0.15, 0.2) is 0 Å². The standard InChI is InChI=1S/C15H15F2NO/c16-12-4-10(5-13(17)6-12)14(19)15(8-18)7-9-1-2-11(15)3-9/h4-6,9,11,14,19H,1-3,7H2. The normalized spacial score (nSPS) is 34.2. The molecule has 0 amide bonds. The Morgan fingerprint density at radius 1 is 1.26 bits per heavy atom. The number of aliphatic hydroxyl groups is 1. The molecule has 100 valence electrons. The Hall–Kier alpha value is -1.47. The Bertz CT molecular complexity index is 533. The molecular weight excluding hydrogens is 248 g/mol. The molecule has 0 spiro atoms. The van der Waals surface area contributed by atoms with E-state index in [4.69, 9.17) is 0 Å². The molecule has 2 aliphatic carbocycles. The van der Waals surface area contributed by atoms with Crippen molar-refractivity contribution in [3.63, 3.8) is 0 Å². The van der Waals surface area contributed by atoms with Gasteiger partial charge in [-0.3, -0.25) is 0 Å². The van der Waals surface area contributed by atoms with Crippen LogP contribution in [0.1, 0.15) is 37.4 Å². The number of hydrogen-bond acceptors (Lipinski definition) is 2. The van der Waals surface area contributed by atoms with E-state index in [1.165, 1.54) is 0 Å². The lowest BCUT2D eigenvalue weighted by atomic mass is 9.68. The lowest BCUT2D eigenvalue weighted by Gasteiger charge is -2.35. The van der Waals surface area contributed by atoms with Gasteiger partial charge in [-0.2, -0.15) is 5.26 Å². The highest BCUT2D eigenvalue weighted by Crippen LogP contribution is 2.60. The third kappa shape index (κ3) is 1.84. The van der Waals surface area contributed by atoms with Crippen LogP contribution in [0, 0.1) is 40.2 Å². The minimum absolute atomic E-state index is 0.142. The van der Waals surface area contributed by atoms with Crippen molar-refractivity contribution >= 4 is 0 Å². The van der Waals surface area contributed by atoms with Gasteiger partial charge in [-0.15, -0.1) is 0 Å². The number of aliphatic hydroxyl groups excluding tert-OH is 1. The van der Waals surface area contributed by atoms with Crippen molar-refractivity contribution in [2.24, 2.45) is 17.3 Å². The highest BCUT2D eigenvalue weighted by molar-refractivity contribution is 5.27. The molecular formula is C15H15F2NO. The van der Waals surface area contributed by atoms with Crippen molar-refractivity contribution in [2.75, 3.05) is 0 Å². The first-order chi connectivity index (χ1) is 9.05. The summed E-state index contributed by atoms with van der Waals surface area (Å²) in [6.45, 7) is 0. The number of nitriles is 1. The first-order valence-electron chi connectivity index (χ1n) is 6.60. The molecule has 0 aromatic heterocycles. The molecule has 2 saturated carbocycles. The molecule has 4 atom stereocenters. The number of fused-ring (bicyclic) bond motifs is 2. The van der Waals surface area contributed by atoms with Gasteiger partial charge in [0.2, 0.25) is 0 Å². The van der Waals surface area contributed by atoms with E-state index in [0.717, 1.165) is 37.5 Å². The van der Waals surface area contributed by atoms with Gasteiger partial charge in [-0.1, -0.05) is 6.42 Å². The van der Waals surface area contributed by atoms with E-state index in [9.17, 15) is 19.1 Å². The molecule has 1 N–H and O–H groups in total. The van der Waals surface area contributed by atoms with Gasteiger partial charge in [0.05, 0.1) is 17.6 Å². The van der Waals surface area contributed by atoms with Crippen LogP contribution in [0.15, 0.2) is 18.2 Å². The number of nitrogens with zero attached hydrogens (tertiary/aromatic N) is 1.